The Morgan fingerprint density at radius 2 is 2.00 bits per heavy atom. The first-order valence-electron chi connectivity index (χ1n) is 6.89. The molecule has 0 radical (unpaired) electrons. The number of hydrogen-bond donors (Lipinski definition) is 1. The average Bonchev–Trinajstić information content (AvgIpc) is 2.47. The quantitative estimate of drug-likeness (QED) is 0.913. The van der Waals surface area contributed by atoms with E-state index in [4.69, 9.17) is 21.1 Å². The molecule has 2 rings (SSSR count). The van der Waals surface area contributed by atoms with Crippen LogP contribution in [-0.2, 0) is 6.42 Å². The second kappa shape index (κ2) is 6.49. The lowest BCUT2D eigenvalue weighted by Crippen LogP contribution is -2.27. The summed E-state index contributed by atoms with van der Waals surface area (Å²) in [7, 11) is 3.32. The molecule has 1 aromatic rings. The van der Waals surface area contributed by atoms with E-state index in [1.807, 2.05) is 0 Å². The summed E-state index contributed by atoms with van der Waals surface area (Å²) in [6, 6.07) is 2.50. The maximum Gasteiger partial charge on any atom is 0.146 e. The van der Waals surface area contributed by atoms with Crippen molar-refractivity contribution in [2.75, 3.05) is 20.8 Å². The van der Waals surface area contributed by atoms with Gasteiger partial charge in [-0.25, -0.2) is 0 Å². The Balaban J connectivity index is 2.49. The Morgan fingerprint density at radius 1 is 1.26 bits per heavy atom. The molecule has 4 heteroatoms. The van der Waals surface area contributed by atoms with Crippen LogP contribution in [0.2, 0.25) is 5.02 Å². The Kier molecular flexibility index (Phi) is 4.94. The topological polar surface area (TPSA) is 30.5 Å². The zero-order valence-electron chi connectivity index (χ0n) is 11.9. The molecule has 0 saturated carbocycles. The molecule has 1 N–H and O–H groups in total. The Bertz CT molecular complexity index is 442. The van der Waals surface area contributed by atoms with E-state index in [0.29, 0.717) is 11.1 Å². The van der Waals surface area contributed by atoms with Gasteiger partial charge >= 0.3 is 0 Å². The van der Waals surface area contributed by atoms with Crippen molar-refractivity contribution in [2.45, 2.75) is 38.6 Å². The van der Waals surface area contributed by atoms with Crippen molar-refractivity contribution in [3.8, 4) is 11.5 Å². The monoisotopic (exact) mass is 283 g/mol. The lowest BCUT2D eigenvalue weighted by Gasteiger charge is -2.27. The normalized spacial score (nSPS) is 19.3. The van der Waals surface area contributed by atoms with Crippen LogP contribution < -0.4 is 14.8 Å². The number of hydrogen-bond acceptors (Lipinski definition) is 3. The van der Waals surface area contributed by atoms with Crippen molar-refractivity contribution in [2.24, 2.45) is 0 Å². The molecule has 0 aliphatic carbocycles. The second-order valence-corrected chi connectivity index (χ2v) is 5.24. The van der Waals surface area contributed by atoms with Gasteiger partial charge < -0.3 is 14.8 Å². The summed E-state index contributed by atoms with van der Waals surface area (Å²) in [5.41, 5.74) is 2.29. The minimum absolute atomic E-state index is 0.331. The third-order valence-electron chi connectivity index (χ3n) is 3.76. The standard InChI is InChI=1S/C15H22ClNO2/c1-4-10-9-11(12-7-5-6-8-17-12)15(19-3)13(16)14(10)18-2/h9,12,17H,4-8H2,1-3H3. The predicted octanol–water partition coefficient (Wildman–Crippen LogP) is 3.73. The first-order valence-corrected chi connectivity index (χ1v) is 7.27. The second-order valence-electron chi connectivity index (χ2n) is 4.86. The number of methoxy groups -OCH3 is 2. The van der Waals surface area contributed by atoms with Gasteiger partial charge in [-0.15, -0.1) is 0 Å². The van der Waals surface area contributed by atoms with Gasteiger partial charge in [0.05, 0.1) is 14.2 Å². The smallest absolute Gasteiger partial charge is 0.146 e. The van der Waals surface area contributed by atoms with Gasteiger partial charge in [-0.05, 0) is 37.4 Å². The third-order valence-corrected chi connectivity index (χ3v) is 4.10. The van der Waals surface area contributed by atoms with Crippen molar-refractivity contribution in [3.05, 3.63) is 22.2 Å². The summed E-state index contributed by atoms with van der Waals surface area (Å²) in [5, 5.41) is 4.14. The Morgan fingerprint density at radius 3 is 2.53 bits per heavy atom. The van der Waals surface area contributed by atoms with Gasteiger partial charge in [0, 0.05) is 11.6 Å². The van der Waals surface area contributed by atoms with E-state index >= 15 is 0 Å². The maximum atomic E-state index is 6.44. The molecule has 0 aromatic heterocycles. The largest absolute Gasteiger partial charge is 0.495 e. The molecule has 0 amide bonds. The first-order chi connectivity index (χ1) is 9.22. The van der Waals surface area contributed by atoms with E-state index in [-0.39, 0.29) is 0 Å². The van der Waals surface area contributed by atoms with Crippen LogP contribution in [0.15, 0.2) is 6.07 Å². The van der Waals surface area contributed by atoms with Crippen LogP contribution in [0, 0.1) is 0 Å². The molecule has 0 bridgehead atoms. The number of halogens is 1. The highest BCUT2D eigenvalue weighted by Crippen LogP contribution is 2.43. The van der Waals surface area contributed by atoms with Gasteiger partial charge in [0.25, 0.3) is 0 Å². The van der Waals surface area contributed by atoms with Crippen LogP contribution in [0.25, 0.3) is 0 Å². The highest BCUT2D eigenvalue weighted by Gasteiger charge is 2.24. The van der Waals surface area contributed by atoms with Gasteiger partial charge in [-0.2, -0.15) is 0 Å². The molecular formula is C15H22ClNO2. The summed E-state index contributed by atoms with van der Waals surface area (Å²) in [6.45, 7) is 3.16. The molecule has 1 atom stereocenters. The summed E-state index contributed by atoms with van der Waals surface area (Å²) in [6.07, 6.45) is 4.50. The molecule has 0 spiro atoms. The van der Waals surface area contributed by atoms with E-state index in [1.165, 1.54) is 12.8 Å². The SMILES string of the molecule is CCc1cc(C2CCCCN2)c(OC)c(Cl)c1OC. The molecule has 1 unspecified atom stereocenters. The Hall–Kier alpha value is -0.930. The van der Waals surface area contributed by atoms with E-state index < -0.39 is 0 Å². The van der Waals surface area contributed by atoms with Crippen molar-refractivity contribution >= 4 is 11.6 Å². The molecule has 1 heterocycles. The first kappa shape index (κ1) is 14.5. The van der Waals surface area contributed by atoms with Gasteiger partial charge in [0.2, 0.25) is 0 Å². The fourth-order valence-corrected chi connectivity index (χ4v) is 3.14. The predicted molar refractivity (Wildman–Crippen MR) is 78.5 cm³/mol. The summed E-state index contributed by atoms with van der Waals surface area (Å²) in [4.78, 5) is 0. The van der Waals surface area contributed by atoms with E-state index in [2.05, 4.69) is 18.3 Å². The van der Waals surface area contributed by atoms with Crippen molar-refractivity contribution in [3.63, 3.8) is 0 Å². The highest BCUT2D eigenvalue weighted by atomic mass is 35.5. The maximum absolute atomic E-state index is 6.44. The van der Waals surface area contributed by atoms with Crippen LogP contribution in [0.1, 0.15) is 43.4 Å². The fourth-order valence-electron chi connectivity index (χ4n) is 2.76. The average molecular weight is 284 g/mol. The number of aryl methyl sites for hydroxylation is 1. The van der Waals surface area contributed by atoms with E-state index in [1.54, 1.807) is 14.2 Å². The zero-order valence-corrected chi connectivity index (χ0v) is 12.6. The van der Waals surface area contributed by atoms with E-state index in [0.717, 1.165) is 42.0 Å². The zero-order chi connectivity index (χ0) is 13.8. The third kappa shape index (κ3) is 2.82. The fraction of sp³-hybridized carbons (Fsp3) is 0.600. The number of rotatable bonds is 4. The van der Waals surface area contributed by atoms with Crippen LogP contribution >= 0.6 is 11.6 Å². The molecule has 1 aliphatic rings. The van der Waals surface area contributed by atoms with E-state index in [9.17, 15) is 0 Å². The van der Waals surface area contributed by atoms with Crippen LogP contribution in [0.4, 0.5) is 0 Å². The van der Waals surface area contributed by atoms with Crippen molar-refractivity contribution < 1.29 is 9.47 Å². The highest BCUT2D eigenvalue weighted by molar-refractivity contribution is 6.33. The van der Waals surface area contributed by atoms with Crippen LogP contribution in [0.5, 0.6) is 11.5 Å². The van der Waals surface area contributed by atoms with Crippen LogP contribution in [-0.4, -0.2) is 20.8 Å². The summed E-state index contributed by atoms with van der Waals surface area (Å²) < 4.78 is 10.9. The number of piperidine rings is 1. The molecule has 106 valence electrons. The Labute approximate surface area is 120 Å². The van der Waals surface area contributed by atoms with Gasteiger partial charge in [-0.1, -0.05) is 24.9 Å². The molecule has 1 aromatic carbocycles. The number of benzene rings is 1. The molecule has 19 heavy (non-hydrogen) atoms. The van der Waals surface area contributed by atoms with Crippen LogP contribution in [0.3, 0.4) is 0 Å². The minimum atomic E-state index is 0.331. The summed E-state index contributed by atoms with van der Waals surface area (Å²) in [5.74, 6) is 1.48. The number of ether oxygens (including phenoxy) is 2. The summed E-state index contributed by atoms with van der Waals surface area (Å²) >= 11 is 6.44. The molecular weight excluding hydrogens is 262 g/mol. The van der Waals surface area contributed by atoms with Crippen molar-refractivity contribution in [1.29, 1.82) is 0 Å². The lowest BCUT2D eigenvalue weighted by atomic mass is 9.94. The molecule has 3 nitrogen and oxygen atoms in total. The molecule has 1 fully saturated rings. The van der Waals surface area contributed by atoms with Crippen molar-refractivity contribution in [1.82, 2.24) is 5.32 Å². The van der Waals surface area contributed by atoms with Gasteiger partial charge in [0.15, 0.2) is 0 Å². The molecule has 1 aliphatic heterocycles. The lowest BCUT2D eigenvalue weighted by molar-refractivity contribution is 0.365. The minimum Gasteiger partial charge on any atom is -0.495 e. The molecule has 1 saturated heterocycles. The van der Waals surface area contributed by atoms with Gasteiger partial charge in [0.1, 0.15) is 16.5 Å². The van der Waals surface area contributed by atoms with Gasteiger partial charge in [-0.3, -0.25) is 0 Å². The number of nitrogens with one attached hydrogen (secondary N) is 1.